The van der Waals surface area contributed by atoms with Gasteiger partial charge < -0.3 is 10.2 Å². The molecule has 3 heteroatoms. The molecule has 48 valence electrons. The highest BCUT2D eigenvalue weighted by atomic mass is 15.3. The van der Waals surface area contributed by atoms with E-state index in [4.69, 9.17) is 5.26 Å². The van der Waals surface area contributed by atoms with Crippen LogP contribution in [0.2, 0.25) is 0 Å². The van der Waals surface area contributed by atoms with E-state index in [2.05, 4.69) is 11.5 Å². The molecule has 2 saturated heterocycles. The molecule has 0 aromatic rings. The van der Waals surface area contributed by atoms with Crippen LogP contribution in [-0.4, -0.2) is 30.1 Å². The normalized spacial score (nSPS) is 39.2. The molecular weight excluding hydrogens is 114 g/mol. The van der Waals surface area contributed by atoms with E-state index in [0.29, 0.717) is 12.1 Å². The Morgan fingerprint density at radius 2 is 2.56 bits per heavy atom. The molecule has 3 nitrogen and oxygen atoms in total. The number of rotatable bonds is 0. The van der Waals surface area contributed by atoms with E-state index in [-0.39, 0.29) is 0 Å². The topological polar surface area (TPSA) is 39.1 Å². The second kappa shape index (κ2) is 1.61. The van der Waals surface area contributed by atoms with Gasteiger partial charge in [-0.3, -0.25) is 0 Å². The van der Waals surface area contributed by atoms with Crippen molar-refractivity contribution in [2.24, 2.45) is 0 Å². The van der Waals surface area contributed by atoms with Crippen LogP contribution in [0.25, 0.3) is 0 Å². The Bertz CT molecular complexity index is 160. The highest BCUT2D eigenvalue weighted by Crippen LogP contribution is 2.22. The highest BCUT2D eigenvalue weighted by molar-refractivity contribution is 5.04. The molecule has 0 unspecified atom stereocenters. The molecule has 0 saturated carbocycles. The number of fused-ring (bicyclic) bond motifs is 1. The molecule has 0 spiro atoms. The van der Waals surface area contributed by atoms with Crippen LogP contribution < -0.4 is 5.32 Å². The minimum atomic E-state index is 0.537. The molecule has 0 bridgehead atoms. The summed E-state index contributed by atoms with van der Waals surface area (Å²) in [6.45, 7) is 1.97. The lowest BCUT2D eigenvalue weighted by Crippen LogP contribution is -2.58. The first kappa shape index (κ1) is 5.07. The van der Waals surface area contributed by atoms with Gasteiger partial charge >= 0.3 is 0 Å². The average Bonchev–Trinajstić information content (AvgIpc) is 2.07. The van der Waals surface area contributed by atoms with Gasteiger partial charge in [-0.15, -0.1) is 0 Å². The van der Waals surface area contributed by atoms with E-state index in [0.717, 1.165) is 19.5 Å². The molecule has 0 aliphatic carbocycles. The molecular formula is C6H9N3. The zero-order valence-corrected chi connectivity index (χ0v) is 5.17. The van der Waals surface area contributed by atoms with E-state index in [1.54, 1.807) is 0 Å². The summed E-state index contributed by atoms with van der Waals surface area (Å²) in [5.41, 5.74) is 0. The molecule has 0 amide bonds. The molecule has 2 fully saturated rings. The predicted octanol–water partition coefficient (Wildman–Crippen LogP) is -0.486. The van der Waals surface area contributed by atoms with E-state index < -0.39 is 0 Å². The van der Waals surface area contributed by atoms with E-state index in [1.165, 1.54) is 0 Å². The van der Waals surface area contributed by atoms with Gasteiger partial charge in [0.25, 0.3) is 0 Å². The second-order valence-electron chi connectivity index (χ2n) is 2.66. The van der Waals surface area contributed by atoms with Crippen LogP contribution in [0, 0.1) is 11.5 Å². The van der Waals surface area contributed by atoms with Crippen LogP contribution in [-0.2, 0) is 0 Å². The third-order valence-electron chi connectivity index (χ3n) is 2.26. The Kier molecular flexibility index (Phi) is 0.908. The van der Waals surface area contributed by atoms with Crippen LogP contribution in [0.3, 0.4) is 0 Å². The van der Waals surface area contributed by atoms with Gasteiger partial charge in [0.2, 0.25) is 0 Å². The average molecular weight is 123 g/mol. The van der Waals surface area contributed by atoms with Crippen molar-refractivity contribution in [2.45, 2.75) is 18.5 Å². The van der Waals surface area contributed by atoms with Gasteiger partial charge in [0.05, 0.1) is 6.04 Å². The van der Waals surface area contributed by atoms with Crippen molar-refractivity contribution < 1.29 is 0 Å². The lowest BCUT2D eigenvalue weighted by molar-refractivity contribution is 0.235. The standard InChI is InChI=1S/C6H9N3/c7-4-9-2-1-5-6(9)3-8-5/h5-6,8H,1-3H2/t5-,6-/m1/s1. The number of nitriles is 1. The van der Waals surface area contributed by atoms with Gasteiger partial charge in [0.15, 0.2) is 6.19 Å². The van der Waals surface area contributed by atoms with Crippen molar-refractivity contribution >= 4 is 0 Å². The predicted molar refractivity (Wildman–Crippen MR) is 32.5 cm³/mol. The summed E-state index contributed by atoms with van der Waals surface area (Å²) in [4.78, 5) is 1.88. The number of hydrogen-bond donors (Lipinski definition) is 1. The Morgan fingerprint density at radius 3 is 2.89 bits per heavy atom. The molecule has 2 aliphatic heterocycles. The summed E-state index contributed by atoms with van der Waals surface area (Å²) in [6.07, 6.45) is 3.34. The lowest BCUT2D eigenvalue weighted by Gasteiger charge is -2.34. The summed E-state index contributed by atoms with van der Waals surface area (Å²) in [5.74, 6) is 0. The third kappa shape index (κ3) is 0.539. The molecule has 0 aromatic heterocycles. The maximum absolute atomic E-state index is 8.54. The summed E-state index contributed by atoms with van der Waals surface area (Å²) >= 11 is 0. The summed E-state index contributed by atoms with van der Waals surface area (Å²) in [6, 6.07) is 1.17. The fourth-order valence-electron chi connectivity index (χ4n) is 1.58. The van der Waals surface area contributed by atoms with E-state index in [1.807, 2.05) is 4.90 Å². The first-order valence-electron chi connectivity index (χ1n) is 3.31. The van der Waals surface area contributed by atoms with Gasteiger partial charge in [-0.25, -0.2) is 0 Å². The third-order valence-corrected chi connectivity index (χ3v) is 2.26. The number of hydrogen-bond acceptors (Lipinski definition) is 3. The van der Waals surface area contributed by atoms with Gasteiger partial charge in [0, 0.05) is 19.1 Å². The lowest BCUT2D eigenvalue weighted by atomic mass is 10.0. The summed E-state index contributed by atoms with van der Waals surface area (Å²) < 4.78 is 0. The maximum atomic E-state index is 8.54. The molecule has 0 aromatic carbocycles. The van der Waals surface area contributed by atoms with Crippen molar-refractivity contribution in [1.82, 2.24) is 10.2 Å². The van der Waals surface area contributed by atoms with Crippen molar-refractivity contribution in [3.63, 3.8) is 0 Å². The highest BCUT2D eigenvalue weighted by Gasteiger charge is 2.39. The molecule has 0 radical (unpaired) electrons. The monoisotopic (exact) mass is 123 g/mol. The largest absolute Gasteiger partial charge is 0.310 e. The zero-order valence-electron chi connectivity index (χ0n) is 5.17. The van der Waals surface area contributed by atoms with E-state index >= 15 is 0 Å². The quantitative estimate of drug-likeness (QED) is 0.442. The van der Waals surface area contributed by atoms with Crippen LogP contribution in [0.5, 0.6) is 0 Å². The Hall–Kier alpha value is -0.750. The molecule has 2 aliphatic rings. The van der Waals surface area contributed by atoms with E-state index in [9.17, 15) is 0 Å². The van der Waals surface area contributed by atoms with Crippen molar-refractivity contribution in [3.05, 3.63) is 0 Å². The zero-order chi connectivity index (χ0) is 6.27. The maximum Gasteiger partial charge on any atom is 0.179 e. The van der Waals surface area contributed by atoms with Crippen LogP contribution in [0.1, 0.15) is 6.42 Å². The Labute approximate surface area is 54.3 Å². The smallest absolute Gasteiger partial charge is 0.179 e. The van der Waals surface area contributed by atoms with Crippen molar-refractivity contribution in [2.75, 3.05) is 13.1 Å². The fourth-order valence-corrected chi connectivity index (χ4v) is 1.58. The molecule has 2 rings (SSSR count). The minimum absolute atomic E-state index is 0.537. The summed E-state index contributed by atoms with van der Waals surface area (Å²) in [5, 5.41) is 11.8. The van der Waals surface area contributed by atoms with Crippen molar-refractivity contribution in [3.8, 4) is 6.19 Å². The first-order valence-corrected chi connectivity index (χ1v) is 3.31. The number of likely N-dealkylation sites (tertiary alicyclic amines) is 1. The molecule has 2 atom stereocenters. The van der Waals surface area contributed by atoms with Gasteiger partial charge in [0.1, 0.15) is 0 Å². The number of nitrogens with zero attached hydrogens (tertiary/aromatic N) is 2. The Balaban J connectivity index is 2.07. The molecule has 2 heterocycles. The van der Waals surface area contributed by atoms with Crippen molar-refractivity contribution in [1.29, 1.82) is 5.26 Å². The van der Waals surface area contributed by atoms with Crippen LogP contribution >= 0.6 is 0 Å². The molecule has 9 heavy (non-hydrogen) atoms. The minimum Gasteiger partial charge on any atom is -0.310 e. The fraction of sp³-hybridized carbons (Fsp3) is 0.833. The van der Waals surface area contributed by atoms with Gasteiger partial charge in [-0.1, -0.05) is 0 Å². The first-order chi connectivity index (χ1) is 4.42. The number of nitrogens with one attached hydrogen (secondary N) is 1. The van der Waals surface area contributed by atoms with Gasteiger partial charge in [-0.05, 0) is 6.42 Å². The molecule has 1 N–H and O–H groups in total. The Morgan fingerprint density at radius 1 is 1.67 bits per heavy atom. The van der Waals surface area contributed by atoms with Crippen LogP contribution in [0.15, 0.2) is 0 Å². The van der Waals surface area contributed by atoms with Crippen LogP contribution in [0.4, 0.5) is 0 Å². The SMILES string of the molecule is N#CN1CC[C@H]2NC[C@H]21. The van der Waals surface area contributed by atoms with Gasteiger partial charge in [-0.2, -0.15) is 5.26 Å². The summed E-state index contributed by atoms with van der Waals surface area (Å²) in [7, 11) is 0. The second-order valence-corrected chi connectivity index (χ2v) is 2.66.